The highest BCUT2D eigenvalue weighted by molar-refractivity contribution is 5.74. The van der Waals surface area contributed by atoms with Crippen LogP contribution in [-0.4, -0.2) is 22.0 Å². The number of hydrogen-bond donors (Lipinski definition) is 2. The van der Waals surface area contributed by atoms with Crippen molar-refractivity contribution in [2.24, 2.45) is 5.41 Å². The molecule has 1 heterocycles. The van der Waals surface area contributed by atoms with Crippen LogP contribution in [0.3, 0.4) is 0 Å². The van der Waals surface area contributed by atoms with Gasteiger partial charge in [0.15, 0.2) is 0 Å². The van der Waals surface area contributed by atoms with E-state index in [1.807, 2.05) is 0 Å². The Morgan fingerprint density at radius 1 is 1.25 bits per heavy atom. The molecule has 132 valence electrons. The summed E-state index contributed by atoms with van der Waals surface area (Å²) in [6.07, 6.45) is 8.19. The second-order valence-corrected chi connectivity index (χ2v) is 6.89. The number of aromatic nitrogens is 2. The molecule has 0 bridgehead atoms. The first-order chi connectivity index (χ1) is 11.6. The van der Waals surface area contributed by atoms with Crippen LogP contribution in [0.25, 0.3) is 0 Å². The van der Waals surface area contributed by atoms with Crippen LogP contribution in [0.5, 0.6) is 0 Å². The second-order valence-electron chi connectivity index (χ2n) is 6.89. The molecule has 1 aromatic heterocycles. The van der Waals surface area contributed by atoms with Crippen molar-refractivity contribution in [3.05, 3.63) is 23.8 Å². The number of amides is 2. The molecule has 7 heteroatoms. The van der Waals surface area contributed by atoms with E-state index in [9.17, 15) is 13.6 Å². The largest absolute Gasteiger partial charge is 0.335 e. The first kappa shape index (κ1) is 17.0. The summed E-state index contributed by atoms with van der Waals surface area (Å²) in [4.78, 5) is 19.9. The van der Waals surface area contributed by atoms with Crippen LogP contribution in [0, 0.1) is 5.41 Å². The van der Waals surface area contributed by atoms with Gasteiger partial charge in [-0.15, -0.1) is 0 Å². The number of hydrogen-bond acceptors (Lipinski definition) is 3. The van der Waals surface area contributed by atoms with Gasteiger partial charge in [0.25, 0.3) is 6.43 Å². The maximum atomic E-state index is 12.6. The van der Waals surface area contributed by atoms with Crippen molar-refractivity contribution < 1.29 is 13.6 Å². The van der Waals surface area contributed by atoms with Crippen molar-refractivity contribution in [1.82, 2.24) is 20.6 Å². The second kappa shape index (κ2) is 7.40. The molecule has 0 aliphatic heterocycles. The van der Waals surface area contributed by atoms with Gasteiger partial charge in [0.05, 0.1) is 6.54 Å². The number of carbonyl (C=O) groups excluding carboxylic acids is 1. The van der Waals surface area contributed by atoms with Crippen molar-refractivity contribution in [3.63, 3.8) is 0 Å². The van der Waals surface area contributed by atoms with E-state index in [1.165, 1.54) is 50.8 Å². The molecule has 1 aromatic rings. The highest BCUT2D eigenvalue weighted by Crippen LogP contribution is 2.49. The van der Waals surface area contributed by atoms with Crippen LogP contribution < -0.4 is 10.6 Å². The smallest absolute Gasteiger partial charge is 0.315 e. The van der Waals surface area contributed by atoms with E-state index >= 15 is 0 Å². The summed E-state index contributed by atoms with van der Waals surface area (Å²) in [5.74, 6) is 0.196. The molecule has 0 saturated heterocycles. The Morgan fingerprint density at radius 3 is 2.75 bits per heavy atom. The summed E-state index contributed by atoms with van der Waals surface area (Å²) in [5, 5.41) is 5.79. The molecule has 24 heavy (non-hydrogen) atoms. The standard InChI is InChI=1S/C17H24F2N4O/c18-15(19)12-6-10-20-14(22-12)11-21-16(24)23-13-5-4-9-17(13)7-2-1-3-8-17/h6,10,13,15H,1-5,7-9,11H2,(H2,21,23,24). The SMILES string of the molecule is O=C(NCc1nccc(C(F)F)n1)NC1CCCC12CCCCC2. The molecule has 0 aromatic carbocycles. The molecule has 3 rings (SSSR count). The van der Waals surface area contributed by atoms with Crippen molar-refractivity contribution in [1.29, 1.82) is 0 Å². The number of alkyl halides is 2. The highest BCUT2D eigenvalue weighted by Gasteiger charge is 2.43. The molecule has 2 fully saturated rings. The highest BCUT2D eigenvalue weighted by atomic mass is 19.3. The molecule has 0 radical (unpaired) electrons. The molecule has 1 atom stereocenters. The van der Waals surface area contributed by atoms with E-state index in [1.54, 1.807) is 0 Å². The normalized spacial score (nSPS) is 22.7. The lowest BCUT2D eigenvalue weighted by Crippen LogP contribution is -2.48. The molecular weight excluding hydrogens is 314 g/mol. The Labute approximate surface area is 140 Å². The number of nitrogens with zero attached hydrogens (tertiary/aromatic N) is 2. The van der Waals surface area contributed by atoms with Crippen molar-refractivity contribution in [2.45, 2.75) is 70.4 Å². The van der Waals surface area contributed by atoms with Crippen LogP contribution in [-0.2, 0) is 6.54 Å². The van der Waals surface area contributed by atoms with Crippen LogP contribution >= 0.6 is 0 Å². The minimum atomic E-state index is -2.63. The predicted octanol–water partition coefficient (Wildman–Crippen LogP) is 3.72. The summed E-state index contributed by atoms with van der Waals surface area (Å²) < 4.78 is 25.3. The van der Waals surface area contributed by atoms with Gasteiger partial charge in [-0.3, -0.25) is 0 Å². The Balaban J connectivity index is 1.53. The van der Waals surface area contributed by atoms with Gasteiger partial charge >= 0.3 is 6.03 Å². The van der Waals surface area contributed by atoms with Crippen molar-refractivity contribution in [3.8, 4) is 0 Å². The number of rotatable bonds is 4. The third-order valence-corrected chi connectivity index (χ3v) is 5.42. The molecule has 2 aliphatic rings. The molecule has 1 unspecified atom stereocenters. The average molecular weight is 338 g/mol. The molecule has 5 nitrogen and oxygen atoms in total. The third-order valence-electron chi connectivity index (χ3n) is 5.42. The van der Waals surface area contributed by atoms with E-state index in [0.717, 1.165) is 12.8 Å². The van der Waals surface area contributed by atoms with Gasteiger partial charge in [-0.2, -0.15) is 0 Å². The van der Waals surface area contributed by atoms with E-state index in [-0.39, 0.29) is 35.6 Å². The van der Waals surface area contributed by atoms with Gasteiger partial charge in [0.2, 0.25) is 0 Å². The molecule has 1 spiro atoms. The summed E-state index contributed by atoms with van der Waals surface area (Å²) in [5.41, 5.74) is -0.0547. The lowest BCUT2D eigenvalue weighted by atomic mass is 9.70. The van der Waals surface area contributed by atoms with Gasteiger partial charge in [0.1, 0.15) is 11.5 Å². The van der Waals surface area contributed by atoms with Gasteiger partial charge < -0.3 is 10.6 Å². The molecule has 2 amide bonds. The monoisotopic (exact) mass is 338 g/mol. The Kier molecular flexibility index (Phi) is 5.26. The average Bonchev–Trinajstić information content (AvgIpc) is 2.95. The van der Waals surface area contributed by atoms with Gasteiger partial charge in [-0.1, -0.05) is 25.7 Å². The first-order valence-corrected chi connectivity index (χ1v) is 8.73. The van der Waals surface area contributed by atoms with Crippen LogP contribution in [0.4, 0.5) is 13.6 Å². The van der Waals surface area contributed by atoms with Gasteiger partial charge in [0, 0.05) is 12.2 Å². The van der Waals surface area contributed by atoms with Crippen LogP contribution in [0.15, 0.2) is 12.3 Å². The number of urea groups is 1. The minimum absolute atomic E-state index is 0.0477. The predicted molar refractivity (Wildman–Crippen MR) is 85.5 cm³/mol. The fourth-order valence-electron chi connectivity index (χ4n) is 4.21. The fraction of sp³-hybridized carbons (Fsp3) is 0.706. The molecular formula is C17H24F2N4O. The van der Waals surface area contributed by atoms with Crippen molar-refractivity contribution in [2.75, 3.05) is 0 Å². The van der Waals surface area contributed by atoms with Crippen LogP contribution in [0.2, 0.25) is 0 Å². The van der Waals surface area contributed by atoms with E-state index < -0.39 is 6.43 Å². The Hall–Kier alpha value is -1.79. The summed E-state index contributed by atoms with van der Waals surface area (Å²) >= 11 is 0. The van der Waals surface area contributed by atoms with Crippen LogP contribution in [0.1, 0.15) is 69.3 Å². The topological polar surface area (TPSA) is 66.9 Å². The lowest BCUT2D eigenvalue weighted by Gasteiger charge is -2.39. The van der Waals surface area contributed by atoms with Gasteiger partial charge in [-0.05, 0) is 37.2 Å². The summed E-state index contributed by atoms with van der Waals surface area (Å²) in [6.45, 7) is 0.0477. The zero-order valence-electron chi connectivity index (χ0n) is 13.7. The third kappa shape index (κ3) is 3.82. The lowest BCUT2D eigenvalue weighted by molar-refractivity contribution is 0.145. The maximum Gasteiger partial charge on any atom is 0.315 e. The fourth-order valence-corrected chi connectivity index (χ4v) is 4.21. The zero-order chi connectivity index (χ0) is 17.0. The first-order valence-electron chi connectivity index (χ1n) is 8.73. The number of carbonyl (C=O) groups is 1. The molecule has 2 aliphatic carbocycles. The van der Waals surface area contributed by atoms with E-state index in [4.69, 9.17) is 0 Å². The minimum Gasteiger partial charge on any atom is -0.335 e. The summed E-state index contributed by atoms with van der Waals surface area (Å²) in [6, 6.07) is 1.13. The molecule has 2 N–H and O–H groups in total. The Morgan fingerprint density at radius 2 is 2.00 bits per heavy atom. The summed E-state index contributed by atoms with van der Waals surface area (Å²) in [7, 11) is 0. The zero-order valence-corrected chi connectivity index (χ0v) is 13.7. The van der Waals surface area contributed by atoms with E-state index in [2.05, 4.69) is 20.6 Å². The van der Waals surface area contributed by atoms with E-state index in [0.29, 0.717) is 0 Å². The van der Waals surface area contributed by atoms with Gasteiger partial charge in [-0.25, -0.2) is 23.5 Å². The van der Waals surface area contributed by atoms with Crippen molar-refractivity contribution >= 4 is 6.03 Å². The Bertz CT molecular complexity index is 575. The quantitative estimate of drug-likeness (QED) is 0.879. The number of nitrogens with one attached hydrogen (secondary N) is 2. The number of halogens is 2. The molecule has 2 saturated carbocycles. The maximum absolute atomic E-state index is 12.6.